The van der Waals surface area contributed by atoms with Crippen molar-refractivity contribution in [3.63, 3.8) is 0 Å². The Morgan fingerprint density at radius 3 is 2.54 bits per heavy atom. The van der Waals surface area contributed by atoms with Crippen molar-refractivity contribution in [3.8, 4) is 22.8 Å². The van der Waals surface area contributed by atoms with Gasteiger partial charge in [0.15, 0.2) is 5.65 Å². The average Bonchev–Trinajstić information content (AvgIpc) is 3.03. The Labute approximate surface area is 160 Å². The highest BCUT2D eigenvalue weighted by atomic mass is 35.5. The van der Waals surface area contributed by atoms with Crippen LogP contribution in [0.4, 0.5) is 13.2 Å². The predicted molar refractivity (Wildman–Crippen MR) is 93.1 cm³/mol. The molecule has 3 aromatic heterocycles. The summed E-state index contributed by atoms with van der Waals surface area (Å²) in [4.78, 5) is 7.79. The lowest BCUT2D eigenvalue weighted by atomic mass is 10.0. The van der Waals surface area contributed by atoms with Crippen LogP contribution in [0.1, 0.15) is 11.1 Å². The van der Waals surface area contributed by atoms with Crippen molar-refractivity contribution >= 4 is 17.2 Å². The van der Waals surface area contributed by atoms with Crippen LogP contribution in [0.2, 0.25) is 5.28 Å². The summed E-state index contributed by atoms with van der Waals surface area (Å²) in [6, 6.07) is 4.70. The van der Waals surface area contributed by atoms with Gasteiger partial charge in [-0.15, -0.1) is 15.3 Å². The molecule has 11 heteroatoms. The first-order valence-corrected chi connectivity index (χ1v) is 8.24. The summed E-state index contributed by atoms with van der Waals surface area (Å²) in [5.74, 6) is -0.0239. The first-order valence-electron chi connectivity index (χ1n) is 7.86. The smallest absolute Gasteiger partial charge is 0.416 e. The molecule has 7 nitrogen and oxygen atoms in total. The largest absolute Gasteiger partial charge is 0.437 e. The van der Waals surface area contributed by atoms with Crippen molar-refractivity contribution in [1.29, 1.82) is 0 Å². The number of halogens is 4. The lowest BCUT2D eigenvalue weighted by Gasteiger charge is -2.14. The summed E-state index contributed by atoms with van der Waals surface area (Å²) < 4.78 is 46.5. The molecule has 0 aliphatic rings. The Kier molecular flexibility index (Phi) is 4.34. The van der Waals surface area contributed by atoms with E-state index < -0.39 is 11.7 Å². The zero-order chi connectivity index (χ0) is 19.9. The topological polar surface area (TPSA) is 78.1 Å². The van der Waals surface area contributed by atoms with Crippen molar-refractivity contribution in [1.82, 2.24) is 29.8 Å². The second-order valence-electron chi connectivity index (χ2n) is 5.81. The van der Waals surface area contributed by atoms with E-state index in [9.17, 15) is 13.2 Å². The van der Waals surface area contributed by atoms with Crippen molar-refractivity contribution < 1.29 is 17.9 Å². The fraction of sp³-hybridized carbons (Fsp3) is 0.118. The minimum Gasteiger partial charge on any atom is -0.437 e. The molecule has 0 saturated heterocycles. The fourth-order valence-electron chi connectivity index (χ4n) is 2.59. The zero-order valence-electron chi connectivity index (χ0n) is 14.1. The SMILES string of the molecule is Cc1cc(Oc2cc(C(F)(F)F)ccc2-c2cncnc2)nn2c(Cl)nnc12. The van der Waals surface area contributed by atoms with Crippen LogP contribution in [-0.2, 0) is 6.18 Å². The molecule has 28 heavy (non-hydrogen) atoms. The Morgan fingerprint density at radius 2 is 1.82 bits per heavy atom. The van der Waals surface area contributed by atoms with Gasteiger partial charge >= 0.3 is 6.18 Å². The van der Waals surface area contributed by atoms with Crippen molar-refractivity contribution in [2.75, 3.05) is 0 Å². The van der Waals surface area contributed by atoms with Crippen molar-refractivity contribution in [2.45, 2.75) is 13.1 Å². The number of hydrogen-bond donors (Lipinski definition) is 0. The lowest BCUT2D eigenvalue weighted by Crippen LogP contribution is -2.06. The monoisotopic (exact) mass is 406 g/mol. The number of aromatic nitrogens is 6. The maximum Gasteiger partial charge on any atom is 0.416 e. The van der Waals surface area contributed by atoms with Gasteiger partial charge in [-0.25, -0.2) is 9.97 Å². The lowest BCUT2D eigenvalue weighted by molar-refractivity contribution is -0.137. The first kappa shape index (κ1) is 18.1. The van der Waals surface area contributed by atoms with Gasteiger partial charge in [0.25, 0.3) is 0 Å². The number of fused-ring (bicyclic) bond motifs is 1. The summed E-state index contributed by atoms with van der Waals surface area (Å²) in [5.41, 5.74) is 1.07. The van der Waals surface area contributed by atoms with Crippen LogP contribution in [0.25, 0.3) is 16.8 Å². The van der Waals surface area contributed by atoms with Crippen LogP contribution < -0.4 is 4.74 Å². The molecule has 3 heterocycles. The fourth-order valence-corrected chi connectivity index (χ4v) is 2.75. The number of hydrogen-bond acceptors (Lipinski definition) is 6. The molecule has 0 bridgehead atoms. The van der Waals surface area contributed by atoms with Gasteiger partial charge in [-0.05, 0) is 36.7 Å². The Balaban J connectivity index is 1.84. The van der Waals surface area contributed by atoms with E-state index in [1.807, 2.05) is 0 Å². The zero-order valence-corrected chi connectivity index (χ0v) is 14.9. The van der Waals surface area contributed by atoms with Crippen LogP contribution in [0.5, 0.6) is 11.6 Å². The number of ether oxygens (including phenoxy) is 1. The molecule has 0 N–H and O–H groups in total. The molecule has 4 rings (SSSR count). The van der Waals surface area contributed by atoms with Gasteiger partial charge in [0.1, 0.15) is 12.1 Å². The van der Waals surface area contributed by atoms with Gasteiger partial charge in [-0.2, -0.15) is 17.7 Å². The third-order valence-electron chi connectivity index (χ3n) is 3.89. The Bertz CT molecular complexity index is 1160. The molecule has 0 fully saturated rings. The molecular weight excluding hydrogens is 397 g/mol. The maximum atomic E-state index is 13.2. The summed E-state index contributed by atoms with van der Waals surface area (Å²) >= 11 is 5.94. The minimum absolute atomic E-state index is 0.00396. The molecule has 0 spiro atoms. The standard InChI is InChI=1S/C17H10ClF3N6O/c1-9-4-14(26-27-15(9)24-25-16(27)18)28-13-5-11(17(19,20)21)2-3-12(13)10-6-22-8-23-7-10/h2-8H,1H3. The Hall–Kier alpha value is -3.27. The van der Waals surface area contributed by atoms with Gasteiger partial charge < -0.3 is 4.74 Å². The van der Waals surface area contributed by atoms with E-state index >= 15 is 0 Å². The molecule has 0 radical (unpaired) electrons. The van der Waals surface area contributed by atoms with Crippen LogP contribution >= 0.6 is 11.6 Å². The third kappa shape index (κ3) is 3.33. The van der Waals surface area contributed by atoms with E-state index in [1.54, 1.807) is 6.92 Å². The van der Waals surface area contributed by atoms with E-state index in [0.717, 1.165) is 12.1 Å². The molecule has 0 amide bonds. The normalized spacial score (nSPS) is 11.8. The molecule has 1 aromatic carbocycles. The van der Waals surface area contributed by atoms with Gasteiger partial charge in [-0.1, -0.05) is 0 Å². The van der Waals surface area contributed by atoms with E-state index in [2.05, 4.69) is 25.3 Å². The molecule has 0 atom stereocenters. The summed E-state index contributed by atoms with van der Waals surface area (Å²) in [7, 11) is 0. The van der Waals surface area contributed by atoms with Crippen LogP contribution in [0, 0.1) is 6.92 Å². The summed E-state index contributed by atoms with van der Waals surface area (Å²) in [5, 5.41) is 11.7. The van der Waals surface area contributed by atoms with E-state index in [0.29, 0.717) is 22.3 Å². The van der Waals surface area contributed by atoms with Crippen molar-refractivity contribution in [2.24, 2.45) is 0 Å². The second-order valence-corrected chi connectivity index (χ2v) is 6.15. The molecule has 0 unspecified atom stereocenters. The van der Waals surface area contributed by atoms with Crippen LogP contribution in [-0.4, -0.2) is 29.8 Å². The van der Waals surface area contributed by atoms with Gasteiger partial charge in [0.05, 0.1) is 5.56 Å². The highest BCUT2D eigenvalue weighted by molar-refractivity contribution is 6.28. The Morgan fingerprint density at radius 1 is 1.07 bits per heavy atom. The number of rotatable bonds is 3. The number of benzene rings is 1. The maximum absolute atomic E-state index is 13.2. The van der Waals surface area contributed by atoms with E-state index in [1.165, 1.54) is 35.4 Å². The molecular formula is C17H10ClF3N6O. The summed E-state index contributed by atoms with van der Waals surface area (Å²) in [6.07, 6.45) is -0.266. The van der Waals surface area contributed by atoms with Crippen molar-refractivity contribution in [3.05, 3.63) is 59.4 Å². The molecule has 142 valence electrons. The van der Waals surface area contributed by atoms with Gasteiger partial charge in [0.2, 0.25) is 11.2 Å². The van der Waals surface area contributed by atoms with Gasteiger partial charge in [-0.3, -0.25) is 0 Å². The molecule has 0 saturated carbocycles. The summed E-state index contributed by atoms with van der Waals surface area (Å²) in [6.45, 7) is 1.73. The third-order valence-corrected chi connectivity index (χ3v) is 4.12. The van der Waals surface area contributed by atoms with Gasteiger partial charge in [0, 0.05) is 35.2 Å². The van der Waals surface area contributed by atoms with E-state index in [4.69, 9.17) is 16.3 Å². The molecule has 4 aromatic rings. The minimum atomic E-state index is -4.53. The molecule has 0 aliphatic carbocycles. The van der Waals surface area contributed by atoms with E-state index in [-0.39, 0.29) is 16.9 Å². The number of aryl methyl sites for hydroxylation is 1. The predicted octanol–water partition coefficient (Wildman–Crippen LogP) is 4.35. The highest BCUT2D eigenvalue weighted by Crippen LogP contribution is 2.38. The highest BCUT2D eigenvalue weighted by Gasteiger charge is 2.31. The number of alkyl halides is 3. The first-order chi connectivity index (χ1) is 13.3. The number of nitrogens with zero attached hydrogens (tertiary/aromatic N) is 6. The van der Waals surface area contributed by atoms with Crippen LogP contribution in [0.3, 0.4) is 0 Å². The quantitative estimate of drug-likeness (QED) is 0.503. The molecule has 0 aliphatic heterocycles. The average molecular weight is 407 g/mol. The second kappa shape index (κ2) is 6.71. The van der Waals surface area contributed by atoms with Crippen LogP contribution in [0.15, 0.2) is 43.0 Å².